The fourth-order valence-electron chi connectivity index (χ4n) is 1.78. The second-order valence-corrected chi connectivity index (χ2v) is 8.36. The van der Waals surface area contributed by atoms with Gasteiger partial charge in [-0.15, -0.1) is 11.3 Å². The summed E-state index contributed by atoms with van der Waals surface area (Å²) in [6.07, 6.45) is 3.07. The van der Waals surface area contributed by atoms with Crippen LogP contribution in [0.5, 0.6) is 0 Å². The molecule has 0 fully saturated rings. The number of hydrogen-bond acceptors (Lipinski definition) is 4. The van der Waals surface area contributed by atoms with Crippen LogP contribution in [-0.2, 0) is 16.6 Å². The zero-order valence-electron chi connectivity index (χ0n) is 12.8. The van der Waals surface area contributed by atoms with Crippen molar-refractivity contribution in [1.29, 1.82) is 0 Å². The molecular weight excluding hydrogens is 292 g/mol. The van der Waals surface area contributed by atoms with E-state index in [4.69, 9.17) is 0 Å². The molecule has 1 N–H and O–H groups in total. The molecule has 0 saturated heterocycles. The molecule has 4 nitrogen and oxygen atoms in total. The maximum Gasteiger partial charge on any atom is 0.243 e. The zero-order valence-corrected chi connectivity index (χ0v) is 14.5. The summed E-state index contributed by atoms with van der Waals surface area (Å²) in [6, 6.07) is 2.18. The molecular formula is C14H26N2O2S2. The molecule has 0 aliphatic rings. The number of nitrogens with zero attached hydrogens (tertiary/aromatic N) is 1. The van der Waals surface area contributed by atoms with Crippen molar-refractivity contribution in [2.75, 3.05) is 13.6 Å². The molecule has 0 atom stereocenters. The SMILES string of the molecule is CCCCCN(C)S(=O)(=O)c1csc(CNC(C)C)c1. The zero-order chi connectivity index (χ0) is 15.2. The number of sulfonamides is 1. The van der Waals surface area contributed by atoms with E-state index in [9.17, 15) is 8.42 Å². The Balaban J connectivity index is 2.67. The number of nitrogens with one attached hydrogen (secondary N) is 1. The molecule has 0 aliphatic carbocycles. The lowest BCUT2D eigenvalue weighted by atomic mass is 10.2. The first-order valence-corrected chi connectivity index (χ1v) is 9.47. The van der Waals surface area contributed by atoms with Crippen molar-refractivity contribution in [3.8, 4) is 0 Å². The number of hydrogen-bond donors (Lipinski definition) is 1. The van der Waals surface area contributed by atoms with Crippen molar-refractivity contribution in [1.82, 2.24) is 9.62 Å². The van der Waals surface area contributed by atoms with E-state index in [1.807, 2.05) is 0 Å². The Kier molecular flexibility index (Phi) is 7.15. The quantitative estimate of drug-likeness (QED) is 0.712. The van der Waals surface area contributed by atoms with E-state index >= 15 is 0 Å². The monoisotopic (exact) mass is 318 g/mol. The molecule has 6 heteroatoms. The predicted molar refractivity (Wildman–Crippen MR) is 85.6 cm³/mol. The molecule has 0 bridgehead atoms. The molecule has 0 aromatic carbocycles. The summed E-state index contributed by atoms with van der Waals surface area (Å²) in [5, 5.41) is 5.04. The van der Waals surface area contributed by atoms with Crippen LogP contribution in [-0.4, -0.2) is 32.4 Å². The lowest BCUT2D eigenvalue weighted by Crippen LogP contribution is -2.27. The Morgan fingerprint density at radius 3 is 2.65 bits per heavy atom. The third-order valence-electron chi connectivity index (χ3n) is 3.10. The minimum absolute atomic E-state index is 0.397. The van der Waals surface area contributed by atoms with E-state index in [2.05, 4.69) is 26.1 Å². The number of unbranched alkanes of at least 4 members (excludes halogenated alkanes) is 2. The van der Waals surface area contributed by atoms with E-state index in [1.54, 1.807) is 18.5 Å². The lowest BCUT2D eigenvalue weighted by Gasteiger charge is -2.15. The summed E-state index contributed by atoms with van der Waals surface area (Å²) in [5.41, 5.74) is 0. The first kappa shape index (κ1) is 17.6. The molecule has 0 amide bonds. The predicted octanol–water partition coefficient (Wildman–Crippen LogP) is 3.06. The van der Waals surface area contributed by atoms with E-state index in [1.165, 1.54) is 15.6 Å². The maximum atomic E-state index is 12.4. The Bertz CT molecular complexity index is 495. The van der Waals surface area contributed by atoms with Crippen LogP contribution >= 0.6 is 11.3 Å². The summed E-state index contributed by atoms with van der Waals surface area (Å²) >= 11 is 1.50. The second-order valence-electron chi connectivity index (χ2n) is 5.32. The smallest absolute Gasteiger partial charge is 0.243 e. The van der Waals surface area contributed by atoms with Crippen LogP contribution in [0.25, 0.3) is 0 Å². The Hall–Kier alpha value is -0.430. The molecule has 1 aromatic rings. The highest BCUT2D eigenvalue weighted by Gasteiger charge is 2.21. The standard InChI is InChI=1S/C14H26N2O2S2/c1-5-6-7-8-16(4)20(17,18)14-9-13(19-11-14)10-15-12(2)3/h9,11-12,15H,5-8,10H2,1-4H3. The van der Waals surface area contributed by atoms with Gasteiger partial charge < -0.3 is 5.32 Å². The van der Waals surface area contributed by atoms with Crippen LogP contribution in [0, 0.1) is 0 Å². The minimum atomic E-state index is -3.32. The Morgan fingerprint density at radius 1 is 1.35 bits per heavy atom. The van der Waals surface area contributed by atoms with Crippen molar-refractivity contribution < 1.29 is 8.42 Å². The maximum absolute atomic E-state index is 12.4. The first-order valence-electron chi connectivity index (χ1n) is 7.15. The van der Waals surface area contributed by atoms with Gasteiger partial charge >= 0.3 is 0 Å². The van der Waals surface area contributed by atoms with Gasteiger partial charge in [-0.25, -0.2) is 12.7 Å². The van der Waals surface area contributed by atoms with Crippen molar-refractivity contribution in [3.05, 3.63) is 16.3 Å². The van der Waals surface area contributed by atoms with Crippen molar-refractivity contribution in [3.63, 3.8) is 0 Å². The van der Waals surface area contributed by atoms with Crippen LogP contribution in [0.2, 0.25) is 0 Å². The van der Waals surface area contributed by atoms with Crippen molar-refractivity contribution in [2.45, 2.75) is 57.5 Å². The molecule has 116 valence electrons. The topological polar surface area (TPSA) is 49.4 Å². The summed E-state index contributed by atoms with van der Waals surface area (Å²) in [6.45, 7) is 7.57. The summed E-state index contributed by atoms with van der Waals surface area (Å²) in [4.78, 5) is 1.47. The third-order valence-corrected chi connectivity index (χ3v) is 6.02. The molecule has 1 heterocycles. The van der Waals surface area contributed by atoms with E-state index in [-0.39, 0.29) is 0 Å². The third kappa shape index (κ3) is 5.16. The van der Waals surface area contributed by atoms with E-state index < -0.39 is 10.0 Å². The van der Waals surface area contributed by atoms with Gasteiger partial charge in [0.1, 0.15) is 0 Å². The van der Waals surface area contributed by atoms with E-state index in [0.717, 1.165) is 30.7 Å². The van der Waals surface area contributed by atoms with Crippen LogP contribution < -0.4 is 5.32 Å². The second kappa shape index (κ2) is 8.12. The normalized spacial score (nSPS) is 12.5. The highest BCUT2D eigenvalue weighted by Crippen LogP contribution is 2.22. The Morgan fingerprint density at radius 2 is 2.05 bits per heavy atom. The molecule has 1 rings (SSSR count). The van der Waals surface area contributed by atoms with Crippen LogP contribution in [0.1, 0.15) is 44.9 Å². The molecule has 20 heavy (non-hydrogen) atoms. The summed E-state index contributed by atoms with van der Waals surface area (Å²) in [5.74, 6) is 0. The number of rotatable bonds is 9. The molecule has 0 radical (unpaired) electrons. The summed E-state index contributed by atoms with van der Waals surface area (Å²) in [7, 11) is -1.66. The van der Waals surface area contributed by atoms with Gasteiger partial charge in [-0.3, -0.25) is 0 Å². The van der Waals surface area contributed by atoms with Gasteiger partial charge in [-0.1, -0.05) is 33.6 Å². The van der Waals surface area contributed by atoms with E-state index in [0.29, 0.717) is 17.5 Å². The molecule has 1 aromatic heterocycles. The van der Waals surface area contributed by atoms with Gasteiger partial charge in [0.25, 0.3) is 0 Å². The Labute approximate surface area is 127 Å². The van der Waals surface area contributed by atoms with Gasteiger partial charge in [0, 0.05) is 36.4 Å². The average Bonchev–Trinajstić information content (AvgIpc) is 2.86. The highest BCUT2D eigenvalue weighted by molar-refractivity contribution is 7.89. The molecule has 0 spiro atoms. The fourth-order valence-corrected chi connectivity index (χ4v) is 4.20. The van der Waals surface area contributed by atoms with Gasteiger partial charge in [0.15, 0.2) is 0 Å². The first-order chi connectivity index (χ1) is 9.37. The molecule has 0 aliphatic heterocycles. The summed E-state index contributed by atoms with van der Waals surface area (Å²) < 4.78 is 26.2. The van der Waals surface area contributed by atoms with Crippen LogP contribution in [0.3, 0.4) is 0 Å². The minimum Gasteiger partial charge on any atom is -0.310 e. The largest absolute Gasteiger partial charge is 0.310 e. The molecule has 0 saturated carbocycles. The number of thiophene rings is 1. The average molecular weight is 319 g/mol. The van der Waals surface area contributed by atoms with Gasteiger partial charge in [0.05, 0.1) is 4.90 Å². The van der Waals surface area contributed by atoms with Crippen LogP contribution in [0.15, 0.2) is 16.3 Å². The molecule has 0 unspecified atom stereocenters. The van der Waals surface area contributed by atoms with Crippen LogP contribution in [0.4, 0.5) is 0 Å². The van der Waals surface area contributed by atoms with Crippen molar-refractivity contribution >= 4 is 21.4 Å². The fraction of sp³-hybridized carbons (Fsp3) is 0.714. The van der Waals surface area contributed by atoms with Gasteiger partial charge in [-0.05, 0) is 12.5 Å². The lowest BCUT2D eigenvalue weighted by molar-refractivity contribution is 0.454. The van der Waals surface area contributed by atoms with Gasteiger partial charge in [0.2, 0.25) is 10.0 Å². The highest BCUT2D eigenvalue weighted by atomic mass is 32.2. The van der Waals surface area contributed by atoms with Gasteiger partial charge in [-0.2, -0.15) is 0 Å². The van der Waals surface area contributed by atoms with Crippen molar-refractivity contribution in [2.24, 2.45) is 0 Å².